The van der Waals surface area contributed by atoms with Gasteiger partial charge in [-0.15, -0.1) is 11.8 Å². The Bertz CT molecular complexity index is 1170. The van der Waals surface area contributed by atoms with Gasteiger partial charge in [-0.1, -0.05) is 42.5 Å². The SMILES string of the molecule is COc1ccc(C2=Nc3ccccc3N=C(SCC(=O)N[C@H](C)CCc3ccccc3)C2)cc1. The van der Waals surface area contributed by atoms with Crippen molar-refractivity contribution >= 4 is 39.8 Å². The molecule has 34 heavy (non-hydrogen) atoms. The van der Waals surface area contributed by atoms with Gasteiger partial charge in [0.1, 0.15) is 5.75 Å². The number of carbonyl (C=O) groups is 1. The third-order valence-corrected chi connectivity index (χ3v) is 6.59. The molecule has 0 fully saturated rings. The molecule has 3 aromatic rings. The number of ether oxygens (including phenoxy) is 1. The maximum atomic E-state index is 12.6. The number of hydrogen-bond donors (Lipinski definition) is 1. The van der Waals surface area contributed by atoms with Gasteiger partial charge in [-0.25, -0.2) is 4.99 Å². The summed E-state index contributed by atoms with van der Waals surface area (Å²) in [5.41, 5.74) is 4.89. The Hall–Kier alpha value is -3.38. The highest BCUT2D eigenvalue weighted by Crippen LogP contribution is 2.33. The van der Waals surface area contributed by atoms with Crippen molar-refractivity contribution in [3.63, 3.8) is 0 Å². The van der Waals surface area contributed by atoms with Crippen molar-refractivity contribution in [2.24, 2.45) is 9.98 Å². The third kappa shape index (κ3) is 6.58. The number of hydrogen-bond acceptors (Lipinski definition) is 5. The Kier molecular flexibility index (Phi) is 8.15. The first kappa shape index (κ1) is 23.8. The summed E-state index contributed by atoms with van der Waals surface area (Å²) in [6.45, 7) is 2.05. The second kappa shape index (κ2) is 11.7. The van der Waals surface area contributed by atoms with Gasteiger partial charge in [-0.05, 0) is 67.3 Å². The van der Waals surface area contributed by atoms with Crippen molar-refractivity contribution in [1.82, 2.24) is 5.32 Å². The van der Waals surface area contributed by atoms with Crippen LogP contribution in [0.4, 0.5) is 11.4 Å². The normalized spacial score (nSPS) is 13.7. The Morgan fingerprint density at radius 2 is 1.65 bits per heavy atom. The van der Waals surface area contributed by atoms with E-state index in [0.717, 1.165) is 46.3 Å². The van der Waals surface area contributed by atoms with Gasteiger partial charge in [-0.2, -0.15) is 0 Å². The predicted molar refractivity (Wildman–Crippen MR) is 142 cm³/mol. The van der Waals surface area contributed by atoms with E-state index >= 15 is 0 Å². The summed E-state index contributed by atoms with van der Waals surface area (Å²) >= 11 is 1.48. The molecule has 1 N–H and O–H groups in total. The van der Waals surface area contributed by atoms with Gasteiger partial charge in [0.25, 0.3) is 0 Å². The van der Waals surface area contributed by atoms with Gasteiger partial charge in [0, 0.05) is 12.5 Å². The summed E-state index contributed by atoms with van der Waals surface area (Å²) in [5, 5.41) is 4.00. The molecule has 174 valence electrons. The molecule has 0 spiro atoms. The number of fused-ring (bicyclic) bond motifs is 1. The van der Waals surface area contributed by atoms with Crippen LogP contribution in [-0.2, 0) is 11.2 Å². The molecule has 1 atom stereocenters. The van der Waals surface area contributed by atoms with E-state index < -0.39 is 0 Å². The maximum Gasteiger partial charge on any atom is 0.230 e. The van der Waals surface area contributed by atoms with Crippen LogP contribution in [0.3, 0.4) is 0 Å². The number of nitrogens with zero attached hydrogens (tertiary/aromatic N) is 2. The molecule has 4 rings (SSSR count). The number of thioether (sulfide) groups is 1. The lowest BCUT2D eigenvalue weighted by molar-refractivity contribution is -0.119. The van der Waals surface area contributed by atoms with Gasteiger partial charge < -0.3 is 10.1 Å². The second-order valence-corrected chi connectivity index (χ2v) is 9.29. The molecule has 5 nitrogen and oxygen atoms in total. The van der Waals surface area contributed by atoms with E-state index in [4.69, 9.17) is 14.7 Å². The van der Waals surface area contributed by atoms with E-state index in [1.54, 1.807) is 7.11 Å². The Morgan fingerprint density at radius 1 is 0.971 bits per heavy atom. The lowest BCUT2D eigenvalue weighted by Gasteiger charge is -2.14. The predicted octanol–water partition coefficient (Wildman–Crippen LogP) is 6.12. The number of nitrogens with one attached hydrogen (secondary N) is 1. The van der Waals surface area contributed by atoms with Crippen LogP contribution < -0.4 is 10.1 Å². The molecule has 3 aromatic carbocycles. The average Bonchev–Trinajstić information content (AvgIpc) is 3.06. The zero-order chi connectivity index (χ0) is 23.8. The number of aliphatic imine (C=N–C) groups is 2. The van der Waals surface area contributed by atoms with Crippen molar-refractivity contribution in [1.29, 1.82) is 0 Å². The van der Waals surface area contributed by atoms with Crippen molar-refractivity contribution in [3.05, 3.63) is 90.0 Å². The van der Waals surface area contributed by atoms with Crippen LogP contribution >= 0.6 is 11.8 Å². The monoisotopic (exact) mass is 471 g/mol. The molecule has 0 radical (unpaired) electrons. The summed E-state index contributed by atoms with van der Waals surface area (Å²) in [6.07, 6.45) is 2.42. The molecule has 1 amide bonds. The first-order valence-corrected chi connectivity index (χ1v) is 12.4. The first-order valence-electron chi connectivity index (χ1n) is 11.5. The standard InChI is InChI=1S/C28H29N3O2S/c1-20(12-13-21-8-4-3-5-9-21)29-27(32)19-34-28-18-26(22-14-16-23(33-2)17-15-22)30-24-10-6-7-11-25(24)31-28/h3-11,14-17,20H,12-13,18-19H2,1-2H3,(H,29,32)/t20-/m1/s1. The van der Waals surface area contributed by atoms with E-state index in [1.807, 2.05) is 66.7 Å². The van der Waals surface area contributed by atoms with Crippen molar-refractivity contribution < 1.29 is 9.53 Å². The van der Waals surface area contributed by atoms with Crippen molar-refractivity contribution in [2.75, 3.05) is 12.9 Å². The fourth-order valence-electron chi connectivity index (χ4n) is 3.75. The minimum absolute atomic E-state index is 0.0220. The van der Waals surface area contributed by atoms with Gasteiger partial charge in [0.05, 0.1) is 35.0 Å². The van der Waals surface area contributed by atoms with Crippen LogP contribution in [0.25, 0.3) is 0 Å². The molecule has 1 heterocycles. The zero-order valence-electron chi connectivity index (χ0n) is 19.5. The molecular formula is C28H29N3O2S. The third-order valence-electron chi connectivity index (χ3n) is 5.61. The Morgan fingerprint density at radius 3 is 2.35 bits per heavy atom. The topological polar surface area (TPSA) is 63.1 Å². The van der Waals surface area contributed by atoms with E-state index in [9.17, 15) is 4.79 Å². The molecule has 0 saturated heterocycles. The van der Waals surface area contributed by atoms with Crippen LogP contribution in [0.15, 0.2) is 88.8 Å². The fraction of sp³-hybridized carbons (Fsp3) is 0.250. The molecule has 0 aromatic heterocycles. The summed E-state index contributed by atoms with van der Waals surface area (Å²) in [6, 6.07) is 26.2. The van der Waals surface area contributed by atoms with Gasteiger partial charge in [-0.3, -0.25) is 9.79 Å². The largest absolute Gasteiger partial charge is 0.497 e. The van der Waals surface area contributed by atoms with E-state index in [-0.39, 0.29) is 11.9 Å². The van der Waals surface area contributed by atoms with Crippen LogP contribution in [0.1, 0.15) is 30.9 Å². The van der Waals surface area contributed by atoms with Crippen molar-refractivity contribution in [2.45, 2.75) is 32.2 Å². The number of rotatable bonds is 8. The van der Waals surface area contributed by atoms with E-state index in [0.29, 0.717) is 12.2 Å². The quantitative estimate of drug-likeness (QED) is 0.430. The lowest BCUT2D eigenvalue weighted by atomic mass is 10.1. The van der Waals surface area contributed by atoms with Gasteiger partial charge in [0.2, 0.25) is 5.91 Å². The van der Waals surface area contributed by atoms with Crippen LogP contribution in [0.2, 0.25) is 0 Å². The van der Waals surface area contributed by atoms with Gasteiger partial charge in [0.15, 0.2) is 0 Å². The minimum Gasteiger partial charge on any atom is -0.497 e. The number of benzene rings is 3. The smallest absolute Gasteiger partial charge is 0.230 e. The summed E-state index contributed by atoms with van der Waals surface area (Å²) in [7, 11) is 1.66. The summed E-state index contributed by atoms with van der Waals surface area (Å²) in [4.78, 5) is 22.4. The van der Waals surface area contributed by atoms with Crippen molar-refractivity contribution in [3.8, 4) is 5.75 Å². The molecule has 0 bridgehead atoms. The Labute approximate surface area is 205 Å². The number of para-hydroxylation sites is 2. The molecule has 0 unspecified atom stereocenters. The Balaban J connectivity index is 1.39. The van der Waals surface area contributed by atoms with Crippen LogP contribution in [-0.4, -0.2) is 35.6 Å². The zero-order valence-corrected chi connectivity index (χ0v) is 20.3. The number of aryl methyl sites for hydroxylation is 1. The van der Waals surface area contributed by atoms with Gasteiger partial charge >= 0.3 is 0 Å². The maximum absolute atomic E-state index is 12.6. The van der Waals surface area contributed by atoms with E-state index in [2.05, 4.69) is 24.4 Å². The minimum atomic E-state index is 0.0220. The fourth-order valence-corrected chi connectivity index (χ4v) is 4.54. The average molecular weight is 472 g/mol. The molecular weight excluding hydrogens is 442 g/mol. The number of methoxy groups -OCH3 is 1. The summed E-state index contributed by atoms with van der Waals surface area (Å²) < 4.78 is 5.29. The number of carbonyl (C=O) groups excluding carboxylic acids is 1. The van der Waals surface area contributed by atoms with Crippen LogP contribution in [0, 0.1) is 0 Å². The molecule has 6 heteroatoms. The highest BCUT2D eigenvalue weighted by Gasteiger charge is 2.17. The molecule has 1 aliphatic heterocycles. The summed E-state index contributed by atoms with van der Waals surface area (Å²) in [5.74, 6) is 1.15. The second-order valence-electron chi connectivity index (χ2n) is 8.24. The highest BCUT2D eigenvalue weighted by molar-refractivity contribution is 8.14. The molecule has 0 aliphatic carbocycles. The highest BCUT2D eigenvalue weighted by atomic mass is 32.2. The van der Waals surface area contributed by atoms with Crippen LogP contribution in [0.5, 0.6) is 5.75 Å². The van der Waals surface area contributed by atoms with E-state index in [1.165, 1.54) is 17.3 Å². The molecule has 0 saturated carbocycles. The first-order chi connectivity index (χ1) is 16.6. The lowest BCUT2D eigenvalue weighted by Crippen LogP contribution is -2.34. The number of amides is 1. The molecule has 1 aliphatic rings.